The van der Waals surface area contributed by atoms with E-state index in [9.17, 15) is 9.59 Å². The lowest BCUT2D eigenvalue weighted by Crippen LogP contribution is -2.15. The van der Waals surface area contributed by atoms with Crippen LogP contribution in [0.5, 0.6) is 11.5 Å². The smallest absolute Gasteiger partial charge is 0.340 e. The highest BCUT2D eigenvalue weighted by Crippen LogP contribution is 2.33. The molecule has 5 aromatic carbocycles. The summed E-state index contributed by atoms with van der Waals surface area (Å²) in [6.07, 6.45) is 0. The van der Waals surface area contributed by atoms with Crippen LogP contribution in [-0.2, 0) is 20.4 Å². The first-order valence-corrected chi connectivity index (χ1v) is 22.2. The van der Waals surface area contributed by atoms with Crippen LogP contribution in [0.25, 0.3) is 0 Å². The van der Waals surface area contributed by atoms with Gasteiger partial charge in [-0.1, -0.05) is 18.2 Å². The number of hydrogen-bond donors (Lipinski definition) is 0. The fourth-order valence-electron chi connectivity index (χ4n) is 4.47. The molecule has 0 aromatic heterocycles. The summed E-state index contributed by atoms with van der Waals surface area (Å²) in [6.45, 7) is 0.790. The van der Waals surface area contributed by atoms with Crippen LogP contribution in [0.2, 0.25) is 0 Å². The standard InChI is InChI=1S/C36H25I6O6S/c37-27-14-16-29(39)33(41)31(27)35(43)47-20-18-45-22-6-10-25(11-7-22)49(24-4-2-1-3-5-24)26-12-8-23(9-13-26)46-19-21-48-36(44)32-28(38)15-17-30(40)34(32)42/h1-17H,18-21H2/q+1. The van der Waals surface area contributed by atoms with Crippen molar-refractivity contribution >= 4 is 158 Å². The molecule has 5 rings (SSSR count). The van der Waals surface area contributed by atoms with E-state index in [1.807, 2.05) is 66.7 Å². The number of ether oxygens (including phenoxy) is 4. The molecular formula is C36H25I6O6S+. The quantitative estimate of drug-likeness (QED) is 0.0385. The fraction of sp³-hybridized carbons (Fsp3) is 0.111. The Bertz CT molecular complexity index is 1800. The summed E-state index contributed by atoms with van der Waals surface area (Å²) < 4.78 is 28.4. The minimum absolute atomic E-state index is 0.147. The van der Waals surface area contributed by atoms with E-state index in [4.69, 9.17) is 18.9 Å². The Morgan fingerprint density at radius 2 is 0.816 bits per heavy atom. The SMILES string of the molecule is O=C(OCCOc1ccc([S+](c2ccccc2)c2ccc(OCCOC(=O)c3c(I)ccc(I)c3I)cc2)cc1)c1c(I)ccc(I)c1I. The van der Waals surface area contributed by atoms with Crippen molar-refractivity contribution in [3.8, 4) is 11.5 Å². The van der Waals surface area contributed by atoms with Crippen LogP contribution in [0.4, 0.5) is 0 Å². The van der Waals surface area contributed by atoms with Gasteiger partial charge >= 0.3 is 11.9 Å². The summed E-state index contributed by atoms with van der Waals surface area (Å²) in [7, 11) is -0.368. The molecule has 0 amide bonds. The number of rotatable bonds is 13. The van der Waals surface area contributed by atoms with Crippen LogP contribution < -0.4 is 9.47 Å². The molecule has 0 heterocycles. The number of benzene rings is 5. The highest BCUT2D eigenvalue weighted by molar-refractivity contribution is 14.1. The van der Waals surface area contributed by atoms with Crippen molar-refractivity contribution in [1.29, 1.82) is 0 Å². The topological polar surface area (TPSA) is 71.1 Å². The number of halogens is 6. The second kappa shape index (κ2) is 19.4. The summed E-state index contributed by atoms with van der Waals surface area (Å²) in [5.74, 6) is 0.706. The summed E-state index contributed by atoms with van der Waals surface area (Å²) >= 11 is 13.1. The molecule has 49 heavy (non-hydrogen) atoms. The van der Waals surface area contributed by atoms with Gasteiger partial charge in [-0.15, -0.1) is 0 Å². The Morgan fingerprint density at radius 3 is 1.22 bits per heavy atom. The van der Waals surface area contributed by atoms with Crippen molar-refractivity contribution in [2.45, 2.75) is 14.7 Å². The molecule has 0 aliphatic heterocycles. The molecule has 0 radical (unpaired) electrons. The molecule has 0 aliphatic rings. The normalized spacial score (nSPS) is 10.9. The van der Waals surface area contributed by atoms with E-state index in [1.165, 1.54) is 4.90 Å². The molecule has 0 spiro atoms. The lowest BCUT2D eigenvalue weighted by atomic mass is 10.2. The first-order valence-electron chi connectivity index (χ1n) is 14.5. The molecule has 0 saturated carbocycles. The van der Waals surface area contributed by atoms with Gasteiger partial charge in [-0.3, -0.25) is 0 Å². The molecule has 252 valence electrons. The van der Waals surface area contributed by atoms with E-state index >= 15 is 0 Å². The third kappa shape index (κ3) is 10.7. The number of esters is 2. The second-order valence-electron chi connectivity index (χ2n) is 9.97. The molecule has 5 aromatic rings. The molecule has 6 nitrogen and oxygen atoms in total. The number of carbonyl (C=O) groups excluding carboxylic acids is 2. The Balaban J connectivity index is 1.17. The highest BCUT2D eigenvalue weighted by atomic mass is 127. The monoisotopic (exact) mass is 1350 g/mol. The van der Waals surface area contributed by atoms with Gasteiger partial charge in [0.05, 0.1) is 22.0 Å². The number of carbonyl (C=O) groups is 2. The van der Waals surface area contributed by atoms with Crippen molar-refractivity contribution in [2.75, 3.05) is 26.4 Å². The largest absolute Gasteiger partial charge is 0.490 e. The molecule has 0 N–H and O–H groups in total. The van der Waals surface area contributed by atoms with Gasteiger partial charge in [-0.05, 0) is 220 Å². The maximum Gasteiger partial charge on any atom is 0.340 e. The maximum absolute atomic E-state index is 12.7. The second-order valence-corrected chi connectivity index (χ2v) is 18.8. The maximum atomic E-state index is 12.7. The van der Waals surface area contributed by atoms with Gasteiger partial charge in [0, 0.05) is 21.4 Å². The molecule has 0 aliphatic carbocycles. The summed E-state index contributed by atoms with van der Waals surface area (Å²) in [4.78, 5) is 28.9. The van der Waals surface area contributed by atoms with Crippen molar-refractivity contribution in [3.63, 3.8) is 0 Å². The van der Waals surface area contributed by atoms with Crippen LogP contribution in [0.3, 0.4) is 0 Å². The molecule has 0 fully saturated rings. The van der Waals surface area contributed by atoms with Gasteiger partial charge in [0.25, 0.3) is 0 Å². The van der Waals surface area contributed by atoms with Crippen LogP contribution in [0.15, 0.2) is 118 Å². The Hall–Kier alpha value is -0.630. The zero-order valence-electron chi connectivity index (χ0n) is 25.3. The Kier molecular flexibility index (Phi) is 15.7. The molecule has 0 atom stereocenters. The third-order valence-corrected chi connectivity index (χ3v) is 16.9. The molecule has 0 saturated heterocycles. The van der Waals surface area contributed by atoms with Crippen LogP contribution in [0, 0.1) is 21.4 Å². The van der Waals surface area contributed by atoms with Gasteiger partial charge in [0.2, 0.25) is 0 Å². The van der Waals surface area contributed by atoms with Gasteiger partial charge in [-0.2, -0.15) is 0 Å². The summed E-state index contributed by atoms with van der Waals surface area (Å²) in [6, 6.07) is 34.2. The average molecular weight is 1350 g/mol. The minimum atomic E-state index is -0.368. The van der Waals surface area contributed by atoms with Crippen LogP contribution in [0.1, 0.15) is 20.7 Å². The van der Waals surface area contributed by atoms with E-state index in [0.717, 1.165) is 31.2 Å². The van der Waals surface area contributed by atoms with Gasteiger partial charge < -0.3 is 18.9 Å². The first-order chi connectivity index (χ1) is 23.6. The van der Waals surface area contributed by atoms with Gasteiger partial charge in [0.15, 0.2) is 14.7 Å². The molecule has 0 bridgehead atoms. The van der Waals surface area contributed by atoms with Gasteiger partial charge in [0.1, 0.15) is 37.9 Å². The van der Waals surface area contributed by atoms with E-state index in [-0.39, 0.29) is 49.3 Å². The summed E-state index contributed by atoms with van der Waals surface area (Å²) in [5, 5.41) is 0. The lowest BCUT2D eigenvalue weighted by Gasteiger charge is -2.12. The third-order valence-electron chi connectivity index (χ3n) is 6.76. The molecule has 0 unspecified atom stereocenters. The zero-order chi connectivity index (χ0) is 34.9. The molecular weight excluding hydrogens is 1320 g/mol. The van der Waals surface area contributed by atoms with Crippen molar-refractivity contribution in [1.82, 2.24) is 0 Å². The van der Waals surface area contributed by atoms with E-state index in [1.54, 1.807) is 0 Å². The van der Waals surface area contributed by atoms with Crippen molar-refractivity contribution in [2.24, 2.45) is 0 Å². The van der Waals surface area contributed by atoms with Crippen LogP contribution >= 0.6 is 136 Å². The zero-order valence-corrected chi connectivity index (χ0v) is 39.0. The Labute approximate surface area is 369 Å². The van der Waals surface area contributed by atoms with Gasteiger partial charge in [-0.25, -0.2) is 9.59 Å². The first kappa shape index (κ1) is 39.6. The lowest BCUT2D eigenvalue weighted by molar-refractivity contribution is 0.0440. The average Bonchev–Trinajstić information content (AvgIpc) is 3.10. The van der Waals surface area contributed by atoms with Crippen LogP contribution in [-0.4, -0.2) is 38.4 Å². The van der Waals surface area contributed by atoms with E-state index < -0.39 is 0 Å². The number of hydrogen-bond acceptors (Lipinski definition) is 6. The van der Waals surface area contributed by atoms with E-state index in [2.05, 4.69) is 172 Å². The Morgan fingerprint density at radius 1 is 0.449 bits per heavy atom. The van der Waals surface area contributed by atoms with E-state index in [0.29, 0.717) is 22.6 Å². The molecule has 13 heteroatoms. The minimum Gasteiger partial charge on any atom is -0.490 e. The fourth-order valence-corrected chi connectivity index (χ4v) is 11.2. The predicted molar refractivity (Wildman–Crippen MR) is 242 cm³/mol. The summed E-state index contributed by atoms with van der Waals surface area (Å²) in [5.41, 5.74) is 1.18. The highest BCUT2D eigenvalue weighted by Gasteiger charge is 2.28. The van der Waals surface area contributed by atoms with Crippen molar-refractivity contribution < 1.29 is 28.5 Å². The predicted octanol–water partition coefficient (Wildman–Crippen LogP) is 10.9. The van der Waals surface area contributed by atoms with Crippen molar-refractivity contribution in [3.05, 3.63) is 136 Å².